The highest BCUT2D eigenvalue weighted by Gasteiger charge is 2.16. The number of rotatable bonds is 4. The summed E-state index contributed by atoms with van der Waals surface area (Å²) in [5.74, 6) is 0.891. The Balaban J connectivity index is 1.73. The third-order valence-corrected chi connectivity index (χ3v) is 3.17. The number of hydrogen-bond donors (Lipinski definition) is 2. The van der Waals surface area contributed by atoms with Crippen molar-refractivity contribution in [2.75, 3.05) is 38.5 Å². The van der Waals surface area contributed by atoms with Crippen LogP contribution in [0.3, 0.4) is 0 Å². The smallest absolute Gasteiger partial charge is 0.119 e. The van der Waals surface area contributed by atoms with E-state index >= 15 is 0 Å². The zero-order valence-electron chi connectivity index (χ0n) is 10.4. The lowest BCUT2D eigenvalue weighted by Crippen LogP contribution is -2.50. The third-order valence-electron chi connectivity index (χ3n) is 3.17. The fraction of sp³-hybridized carbons (Fsp3) is 0.538. The maximum atomic E-state index is 5.69. The van der Waals surface area contributed by atoms with E-state index < -0.39 is 0 Å². The molecule has 4 nitrogen and oxygen atoms in total. The second-order valence-electron chi connectivity index (χ2n) is 4.51. The largest absolute Gasteiger partial charge is 0.492 e. The summed E-state index contributed by atoms with van der Waals surface area (Å²) in [6.45, 7) is 7.21. The number of piperazine rings is 1. The molecular weight excluding hydrogens is 214 g/mol. The molecule has 0 saturated carbocycles. The molecule has 0 amide bonds. The van der Waals surface area contributed by atoms with Crippen molar-refractivity contribution in [1.29, 1.82) is 0 Å². The summed E-state index contributed by atoms with van der Waals surface area (Å²) in [7, 11) is 0. The maximum Gasteiger partial charge on any atom is 0.119 e. The first-order chi connectivity index (χ1) is 8.25. The first kappa shape index (κ1) is 12.2. The number of benzene rings is 1. The molecule has 0 aromatic heterocycles. The standard InChI is InChI=1S/C13H21N3O/c1-11-10-15-6-7-16(11)8-9-17-13-4-2-12(14)3-5-13/h2-5,11,15H,6-10,14H2,1H3. The lowest BCUT2D eigenvalue weighted by molar-refractivity contribution is 0.143. The van der Waals surface area contributed by atoms with Crippen LogP contribution in [0, 0.1) is 0 Å². The Bertz CT molecular complexity index is 339. The number of nitrogens with two attached hydrogens (primary N) is 1. The highest BCUT2D eigenvalue weighted by atomic mass is 16.5. The molecule has 4 heteroatoms. The van der Waals surface area contributed by atoms with E-state index in [9.17, 15) is 0 Å². The van der Waals surface area contributed by atoms with Crippen LogP contribution in [-0.4, -0.2) is 43.7 Å². The Hall–Kier alpha value is -1.26. The molecule has 1 heterocycles. The minimum Gasteiger partial charge on any atom is -0.492 e. The van der Waals surface area contributed by atoms with Gasteiger partial charge >= 0.3 is 0 Å². The van der Waals surface area contributed by atoms with Crippen molar-refractivity contribution in [3.63, 3.8) is 0 Å². The number of nitrogens with one attached hydrogen (secondary N) is 1. The molecule has 1 aliphatic heterocycles. The molecule has 0 aliphatic carbocycles. The summed E-state index contributed by atoms with van der Waals surface area (Å²) in [5, 5.41) is 3.38. The van der Waals surface area contributed by atoms with Gasteiger partial charge in [0.05, 0.1) is 0 Å². The van der Waals surface area contributed by atoms with Crippen molar-refractivity contribution in [3.8, 4) is 5.75 Å². The predicted octanol–water partition coefficient (Wildman–Crippen LogP) is 0.941. The summed E-state index contributed by atoms with van der Waals surface area (Å²) in [6.07, 6.45) is 0. The first-order valence-electron chi connectivity index (χ1n) is 6.19. The number of hydrogen-bond acceptors (Lipinski definition) is 4. The highest BCUT2D eigenvalue weighted by Crippen LogP contribution is 2.13. The van der Waals surface area contributed by atoms with Gasteiger partial charge in [0.15, 0.2) is 0 Å². The van der Waals surface area contributed by atoms with Gasteiger partial charge in [0.2, 0.25) is 0 Å². The van der Waals surface area contributed by atoms with Crippen molar-refractivity contribution < 1.29 is 4.74 Å². The van der Waals surface area contributed by atoms with E-state index in [1.807, 2.05) is 24.3 Å². The van der Waals surface area contributed by atoms with E-state index in [-0.39, 0.29) is 0 Å². The number of nitrogens with zero attached hydrogens (tertiary/aromatic N) is 1. The van der Waals surface area contributed by atoms with E-state index in [0.717, 1.165) is 44.2 Å². The summed E-state index contributed by atoms with van der Waals surface area (Å²) < 4.78 is 5.69. The molecule has 3 N–H and O–H groups in total. The molecule has 1 atom stereocenters. The summed E-state index contributed by atoms with van der Waals surface area (Å²) in [5.41, 5.74) is 6.39. The van der Waals surface area contributed by atoms with E-state index in [2.05, 4.69) is 17.1 Å². The lowest BCUT2D eigenvalue weighted by atomic mass is 10.2. The molecule has 94 valence electrons. The van der Waals surface area contributed by atoms with Crippen LogP contribution in [0.2, 0.25) is 0 Å². The minimum absolute atomic E-state index is 0.596. The fourth-order valence-electron chi connectivity index (χ4n) is 2.06. The maximum absolute atomic E-state index is 5.69. The van der Waals surface area contributed by atoms with Crippen molar-refractivity contribution in [3.05, 3.63) is 24.3 Å². The van der Waals surface area contributed by atoms with Gasteiger partial charge in [-0.2, -0.15) is 0 Å². The average Bonchev–Trinajstić information content (AvgIpc) is 2.34. The predicted molar refractivity (Wildman–Crippen MR) is 70.3 cm³/mol. The van der Waals surface area contributed by atoms with Gasteiger partial charge in [-0.15, -0.1) is 0 Å². The van der Waals surface area contributed by atoms with Crippen LogP contribution in [0.1, 0.15) is 6.92 Å². The molecule has 2 rings (SSSR count). The Morgan fingerprint density at radius 3 is 2.88 bits per heavy atom. The molecular formula is C13H21N3O. The molecule has 1 aromatic carbocycles. The zero-order chi connectivity index (χ0) is 12.1. The minimum atomic E-state index is 0.596. The van der Waals surface area contributed by atoms with Crippen LogP contribution in [0.15, 0.2) is 24.3 Å². The Labute approximate surface area is 103 Å². The van der Waals surface area contributed by atoms with E-state index in [1.165, 1.54) is 0 Å². The SMILES string of the molecule is CC1CNCCN1CCOc1ccc(N)cc1. The van der Waals surface area contributed by atoms with E-state index in [1.54, 1.807) is 0 Å². The summed E-state index contributed by atoms with van der Waals surface area (Å²) in [6, 6.07) is 8.15. The number of ether oxygens (including phenoxy) is 1. The van der Waals surface area contributed by atoms with Gasteiger partial charge in [-0.3, -0.25) is 4.90 Å². The molecule has 1 unspecified atom stereocenters. The van der Waals surface area contributed by atoms with Gasteiger partial charge in [-0.05, 0) is 31.2 Å². The molecule has 1 aromatic rings. The number of nitrogen functional groups attached to an aromatic ring is 1. The van der Waals surface area contributed by atoms with Gasteiger partial charge in [-0.25, -0.2) is 0 Å². The summed E-state index contributed by atoms with van der Waals surface area (Å²) in [4.78, 5) is 2.45. The molecule has 1 aliphatic rings. The second-order valence-corrected chi connectivity index (χ2v) is 4.51. The second kappa shape index (κ2) is 5.89. The fourth-order valence-corrected chi connectivity index (χ4v) is 2.06. The monoisotopic (exact) mass is 235 g/mol. The lowest BCUT2D eigenvalue weighted by Gasteiger charge is -2.33. The molecule has 17 heavy (non-hydrogen) atoms. The Kier molecular flexibility index (Phi) is 4.23. The van der Waals surface area contributed by atoms with Crippen molar-refractivity contribution in [2.24, 2.45) is 0 Å². The quantitative estimate of drug-likeness (QED) is 0.763. The highest BCUT2D eigenvalue weighted by molar-refractivity contribution is 5.41. The zero-order valence-corrected chi connectivity index (χ0v) is 10.4. The topological polar surface area (TPSA) is 50.5 Å². The van der Waals surface area contributed by atoms with Gasteiger partial charge in [-0.1, -0.05) is 0 Å². The van der Waals surface area contributed by atoms with Crippen LogP contribution < -0.4 is 15.8 Å². The van der Waals surface area contributed by atoms with Crippen LogP contribution in [0.5, 0.6) is 5.75 Å². The van der Waals surface area contributed by atoms with Crippen LogP contribution in [-0.2, 0) is 0 Å². The molecule has 1 saturated heterocycles. The van der Waals surface area contributed by atoms with Gasteiger partial charge in [0.25, 0.3) is 0 Å². The van der Waals surface area contributed by atoms with E-state index in [4.69, 9.17) is 10.5 Å². The number of anilines is 1. The van der Waals surface area contributed by atoms with E-state index in [0.29, 0.717) is 6.04 Å². The third kappa shape index (κ3) is 3.61. The average molecular weight is 235 g/mol. The molecule has 0 spiro atoms. The molecule has 1 fully saturated rings. The van der Waals surface area contributed by atoms with Crippen molar-refractivity contribution >= 4 is 5.69 Å². The van der Waals surface area contributed by atoms with Crippen molar-refractivity contribution in [1.82, 2.24) is 10.2 Å². The molecule has 0 bridgehead atoms. The van der Waals surface area contributed by atoms with Gasteiger partial charge in [0.1, 0.15) is 12.4 Å². The summed E-state index contributed by atoms with van der Waals surface area (Å²) >= 11 is 0. The van der Waals surface area contributed by atoms with Crippen LogP contribution in [0.4, 0.5) is 5.69 Å². The van der Waals surface area contributed by atoms with Crippen LogP contribution in [0.25, 0.3) is 0 Å². The van der Waals surface area contributed by atoms with Gasteiger partial charge < -0.3 is 15.8 Å². The van der Waals surface area contributed by atoms with Crippen LogP contribution >= 0.6 is 0 Å². The molecule has 0 radical (unpaired) electrons. The van der Waals surface area contributed by atoms with Crippen molar-refractivity contribution in [2.45, 2.75) is 13.0 Å². The van der Waals surface area contributed by atoms with Gasteiger partial charge in [0, 0.05) is 37.9 Å². The Morgan fingerprint density at radius 2 is 2.18 bits per heavy atom. The first-order valence-corrected chi connectivity index (χ1v) is 6.19. The Morgan fingerprint density at radius 1 is 1.41 bits per heavy atom. The normalized spacial score (nSPS) is 21.4.